The minimum Gasteiger partial charge on any atom is -0.494 e. The van der Waals surface area contributed by atoms with Gasteiger partial charge in [-0.25, -0.2) is 0 Å². The lowest BCUT2D eigenvalue weighted by Gasteiger charge is -2.37. The summed E-state index contributed by atoms with van der Waals surface area (Å²) in [6.07, 6.45) is 0.639. The van der Waals surface area contributed by atoms with Gasteiger partial charge in [0.2, 0.25) is 5.88 Å². The number of hydrogen-bond acceptors (Lipinski definition) is 5. The van der Waals surface area contributed by atoms with Gasteiger partial charge in [0.05, 0.1) is 17.0 Å². The molecule has 2 aromatic carbocycles. The Bertz CT molecular complexity index is 1320. The van der Waals surface area contributed by atoms with Crippen molar-refractivity contribution in [3.8, 4) is 11.6 Å². The third-order valence-electron chi connectivity index (χ3n) is 6.08. The third kappa shape index (κ3) is 5.09. The molecule has 5 rings (SSSR count). The van der Waals surface area contributed by atoms with E-state index in [9.17, 15) is 18.3 Å². The van der Waals surface area contributed by atoms with Crippen LogP contribution in [0.15, 0.2) is 67.1 Å². The maximum Gasteiger partial charge on any atom is 0.573 e. The molecule has 0 aliphatic carbocycles. The smallest absolute Gasteiger partial charge is 0.494 e. The van der Waals surface area contributed by atoms with E-state index in [1.807, 2.05) is 24.3 Å². The average Bonchev–Trinajstić information content (AvgIpc) is 3.15. The number of hydrogen-bond donors (Lipinski definition) is 1. The molecule has 1 saturated heterocycles. The Morgan fingerprint density at radius 3 is 2.17 bits per heavy atom. The lowest BCUT2D eigenvalue weighted by Crippen LogP contribution is -2.46. The van der Waals surface area contributed by atoms with Crippen LogP contribution in [0, 0.1) is 0 Å². The second-order valence-corrected chi connectivity index (χ2v) is 8.75. The molecule has 0 saturated carbocycles. The van der Waals surface area contributed by atoms with Crippen LogP contribution in [0.4, 0.5) is 24.5 Å². The summed E-state index contributed by atoms with van der Waals surface area (Å²) in [6.45, 7) is 3.63. The SMILES string of the molecule is Oc1c2c(Cl)cc(N3CCN(c4ccncc4)CC3)cc2cn1Cc1ccc(OC(F)(F)F)cc1. The maximum atomic E-state index is 12.4. The Hall–Kier alpha value is -3.59. The number of aromatic hydroxyl groups is 1. The number of rotatable bonds is 5. The summed E-state index contributed by atoms with van der Waals surface area (Å²) in [5, 5.41) is 12.6. The second kappa shape index (κ2) is 9.22. The molecule has 3 heterocycles. The number of nitrogens with zero attached hydrogens (tertiary/aromatic N) is 4. The Kier molecular flexibility index (Phi) is 6.10. The fraction of sp³-hybridized carbons (Fsp3) is 0.240. The van der Waals surface area contributed by atoms with E-state index < -0.39 is 6.36 Å². The zero-order chi connectivity index (χ0) is 24.6. The molecule has 1 aliphatic heterocycles. The summed E-state index contributed by atoms with van der Waals surface area (Å²) < 4.78 is 42.7. The van der Waals surface area contributed by atoms with E-state index in [1.54, 1.807) is 23.2 Å². The molecule has 0 bridgehead atoms. The van der Waals surface area contributed by atoms with Crippen LogP contribution >= 0.6 is 11.6 Å². The highest BCUT2D eigenvalue weighted by Crippen LogP contribution is 2.38. The first kappa shape index (κ1) is 23.2. The van der Waals surface area contributed by atoms with Gasteiger partial charge in [-0.05, 0) is 42.0 Å². The van der Waals surface area contributed by atoms with Gasteiger partial charge in [-0.1, -0.05) is 23.7 Å². The number of piperazine rings is 1. The molecule has 6 nitrogen and oxygen atoms in total. The minimum atomic E-state index is -4.74. The monoisotopic (exact) mass is 502 g/mol. The van der Waals surface area contributed by atoms with Crippen molar-refractivity contribution >= 4 is 33.7 Å². The average molecular weight is 503 g/mol. The molecule has 0 unspecified atom stereocenters. The first-order chi connectivity index (χ1) is 16.8. The number of aromatic nitrogens is 2. The van der Waals surface area contributed by atoms with Gasteiger partial charge in [0.15, 0.2) is 0 Å². The summed E-state index contributed by atoms with van der Waals surface area (Å²) in [7, 11) is 0. The first-order valence-electron chi connectivity index (χ1n) is 11.0. The highest BCUT2D eigenvalue weighted by molar-refractivity contribution is 6.36. The van der Waals surface area contributed by atoms with Gasteiger partial charge < -0.3 is 24.2 Å². The van der Waals surface area contributed by atoms with Crippen molar-refractivity contribution in [2.75, 3.05) is 36.0 Å². The summed E-state index contributed by atoms with van der Waals surface area (Å²) in [5.41, 5.74) is 2.83. The van der Waals surface area contributed by atoms with Gasteiger partial charge >= 0.3 is 6.36 Å². The van der Waals surface area contributed by atoms with Gasteiger partial charge in [-0.15, -0.1) is 13.2 Å². The lowest BCUT2D eigenvalue weighted by atomic mass is 10.1. The summed E-state index contributed by atoms with van der Waals surface area (Å²) in [4.78, 5) is 8.64. The highest BCUT2D eigenvalue weighted by atomic mass is 35.5. The van der Waals surface area contributed by atoms with Crippen molar-refractivity contribution in [3.63, 3.8) is 0 Å². The molecule has 0 radical (unpaired) electrons. The Morgan fingerprint density at radius 1 is 0.914 bits per heavy atom. The number of anilines is 2. The Labute approximate surface area is 204 Å². The van der Waals surface area contributed by atoms with Gasteiger partial charge in [0, 0.05) is 61.5 Å². The Morgan fingerprint density at radius 2 is 1.54 bits per heavy atom. The van der Waals surface area contributed by atoms with Gasteiger partial charge in [-0.3, -0.25) is 4.98 Å². The molecular weight excluding hydrogens is 481 g/mol. The maximum absolute atomic E-state index is 12.4. The third-order valence-corrected chi connectivity index (χ3v) is 6.38. The molecule has 2 aromatic heterocycles. The normalized spacial score (nSPS) is 14.5. The van der Waals surface area contributed by atoms with Crippen LogP contribution in [0.2, 0.25) is 5.02 Å². The molecule has 182 valence electrons. The largest absolute Gasteiger partial charge is 0.573 e. The molecule has 0 atom stereocenters. The molecule has 1 aliphatic rings. The number of pyridine rings is 1. The zero-order valence-electron chi connectivity index (χ0n) is 18.5. The van der Waals surface area contributed by atoms with E-state index in [1.165, 1.54) is 24.3 Å². The predicted molar refractivity (Wildman–Crippen MR) is 130 cm³/mol. The molecule has 0 spiro atoms. The van der Waals surface area contributed by atoms with Gasteiger partial charge in [0.25, 0.3) is 0 Å². The number of alkyl halides is 3. The molecule has 4 aromatic rings. The summed E-state index contributed by atoms with van der Waals surface area (Å²) in [6, 6.07) is 13.4. The summed E-state index contributed by atoms with van der Waals surface area (Å²) >= 11 is 6.57. The molecule has 35 heavy (non-hydrogen) atoms. The fourth-order valence-electron chi connectivity index (χ4n) is 4.40. The molecule has 1 N–H and O–H groups in total. The van der Waals surface area contributed by atoms with Crippen molar-refractivity contribution in [1.82, 2.24) is 9.55 Å². The Balaban J connectivity index is 1.33. The van der Waals surface area contributed by atoms with E-state index in [0.29, 0.717) is 16.0 Å². The topological polar surface area (TPSA) is 53.8 Å². The standard InChI is InChI=1S/C25H22ClF3N4O2/c26-22-14-20(32-11-9-31(10-12-32)19-5-7-30-8-6-19)13-18-16-33(24(34)23(18)22)15-17-1-3-21(4-2-17)35-25(27,28)29/h1-8,13-14,16,34H,9-12,15H2. The van der Waals surface area contributed by atoms with Crippen LogP contribution in [-0.4, -0.2) is 47.2 Å². The van der Waals surface area contributed by atoms with E-state index in [-0.39, 0.29) is 18.2 Å². The number of halogens is 4. The van der Waals surface area contributed by atoms with E-state index in [2.05, 4.69) is 19.5 Å². The van der Waals surface area contributed by atoms with E-state index in [4.69, 9.17) is 11.6 Å². The quantitative estimate of drug-likeness (QED) is 0.381. The molecular formula is C25H22ClF3N4O2. The predicted octanol–water partition coefficient (Wildman–Crippen LogP) is 5.67. The van der Waals surface area contributed by atoms with Crippen molar-refractivity contribution in [1.29, 1.82) is 0 Å². The van der Waals surface area contributed by atoms with Crippen LogP contribution in [0.5, 0.6) is 11.6 Å². The van der Waals surface area contributed by atoms with Crippen LogP contribution in [0.1, 0.15) is 5.56 Å². The van der Waals surface area contributed by atoms with Crippen LogP contribution in [-0.2, 0) is 6.54 Å². The highest BCUT2D eigenvalue weighted by Gasteiger charge is 2.31. The molecule has 10 heteroatoms. The van der Waals surface area contributed by atoms with Crippen LogP contribution < -0.4 is 14.5 Å². The second-order valence-electron chi connectivity index (χ2n) is 8.34. The van der Waals surface area contributed by atoms with Crippen LogP contribution in [0.3, 0.4) is 0 Å². The zero-order valence-corrected chi connectivity index (χ0v) is 19.3. The molecule has 1 fully saturated rings. The number of fused-ring (bicyclic) bond motifs is 1. The van der Waals surface area contributed by atoms with Crippen molar-refractivity contribution < 1.29 is 23.0 Å². The fourth-order valence-corrected chi connectivity index (χ4v) is 4.70. The number of ether oxygens (including phenoxy) is 1. The minimum absolute atomic E-state index is 0.00896. The van der Waals surface area contributed by atoms with E-state index >= 15 is 0 Å². The van der Waals surface area contributed by atoms with Crippen LogP contribution in [0.25, 0.3) is 10.8 Å². The van der Waals surface area contributed by atoms with Crippen molar-refractivity contribution in [3.05, 3.63) is 77.7 Å². The summed E-state index contributed by atoms with van der Waals surface area (Å²) in [5.74, 6) is -0.283. The van der Waals surface area contributed by atoms with E-state index in [0.717, 1.165) is 42.9 Å². The van der Waals surface area contributed by atoms with Crippen molar-refractivity contribution in [2.24, 2.45) is 0 Å². The van der Waals surface area contributed by atoms with Gasteiger partial charge in [0.1, 0.15) is 5.75 Å². The number of benzene rings is 2. The molecule has 0 amide bonds. The van der Waals surface area contributed by atoms with Crippen molar-refractivity contribution in [2.45, 2.75) is 12.9 Å². The lowest BCUT2D eigenvalue weighted by molar-refractivity contribution is -0.274. The van der Waals surface area contributed by atoms with Gasteiger partial charge in [-0.2, -0.15) is 0 Å². The first-order valence-corrected chi connectivity index (χ1v) is 11.4.